The minimum atomic E-state index is -0.372. The zero-order chi connectivity index (χ0) is 10.1. The number of rotatable bonds is 2. The van der Waals surface area contributed by atoms with E-state index in [9.17, 15) is 5.11 Å². The summed E-state index contributed by atoms with van der Waals surface area (Å²) in [6.07, 6.45) is 0.540. The highest BCUT2D eigenvalue weighted by atomic mass is 16.3. The summed E-state index contributed by atoms with van der Waals surface area (Å²) in [4.78, 5) is 0. The monoisotopic (exact) mass is 192 g/mol. The lowest BCUT2D eigenvalue weighted by Gasteiger charge is -2.25. The van der Waals surface area contributed by atoms with E-state index in [1.807, 2.05) is 37.3 Å². The van der Waals surface area contributed by atoms with Crippen molar-refractivity contribution < 1.29 is 5.11 Å². The lowest BCUT2D eigenvalue weighted by atomic mass is 10.1. The topological polar surface area (TPSA) is 35.5 Å². The Morgan fingerprint density at radius 1 is 1.43 bits per heavy atom. The van der Waals surface area contributed by atoms with Crippen molar-refractivity contribution in [3.63, 3.8) is 0 Å². The minimum Gasteiger partial charge on any atom is -0.387 e. The van der Waals surface area contributed by atoms with E-state index in [1.54, 1.807) is 0 Å². The summed E-state index contributed by atoms with van der Waals surface area (Å²) in [5.74, 6) is 0. The van der Waals surface area contributed by atoms with Gasteiger partial charge < -0.3 is 5.11 Å². The molecule has 0 saturated heterocycles. The van der Waals surface area contributed by atoms with E-state index < -0.39 is 0 Å². The summed E-state index contributed by atoms with van der Waals surface area (Å²) in [6, 6.07) is 8.24. The number of nitrogens with one attached hydrogen (secondary N) is 1. The molecule has 1 aliphatic rings. The molecule has 0 fully saturated rings. The third-order valence-electron chi connectivity index (χ3n) is 3.02. The zero-order valence-electron chi connectivity index (χ0n) is 8.57. The quantitative estimate of drug-likeness (QED) is 0.677. The van der Waals surface area contributed by atoms with E-state index in [4.69, 9.17) is 0 Å². The summed E-state index contributed by atoms with van der Waals surface area (Å²) in [6.45, 7) is 0. The molecule has 3 heteroatoms. The van der Waals surface area contributed by atoms with Crippen LogP contribution >= 0.6 is 0 Å². The Kier molecular flexibility index (Phi) is 2.54. The van der Waals surface area contributed by atoms with Crippen LogP contribution in [-0.2, 0) is 6.42 Å². The minimum absolute atomic E-state index is 0.150. The van der Waals surface area contributed by atoms with Gasteiger partial charge in [-0.1, -0.05) is 24.3 Å². The molecule has 2 rings (SSSR count). The van der Waals surface area contributed by atoms with Crippen molar-refractivity contribution in [3.8, 4) is 0 Å². The van der Waals surface area contributed by atoms with Crippen LogP contribution < -0.4 is 5.43 Å². The van der Waals surface area contributed by atoms with Gasteiger partial charge in [-0.2, -0.15) is 0 Å². The van der Waals surface area contributed by atoms with Gasteiger partial charge in [0.1, 0.15) is 0 Å². The van der Waals surface area contributed by atoms with Crippen LogP contribution in [0.1, 0.15) is 17.2 Å². The molecule has 0 radical (unpaired) electrons. The van der Waals surface area contributed by atoms with Gasteiger partial charge in [-0.15, -0.1) is 0 Å². The van der Waals surface area contributed by atoms with Gasteiger partial charge in [0.2, 0.25) is 0 Å². The first-order valence-corrected chi connectivity index (χ1v) is 4.90. The highest BCUT2D eigenvalue weighted by Gasteiger charge is 2.32. The van der Waals surface area contributed by atoms with Gasteiger partial charge >= 0.3 is 0 Å². The summed E-state index contributed by atoms with van der Waals surface area (Å²) < 4.78 is 0. The van der Waals surface area contributed by atoms with E-state index in [1.165, 1.54) is 5.56 Å². The third-order valence-corrected chi connectivity index (χ3v) is 3.02. The Labute approximate surface area is 84.3 Å². The molecule has 0 heterocycles. The van der Waals surface area contributed by atoms with Crippen LogP contribution in [0.25, 0.3) is 0 Å². The predicted octanol–water partition coefficient (Wildman–Crippen LogP) is 0.711. The standard InChI is InChI=1S/C11H16N2O/c1-12-13(2)10-7-8-5-3-4-6-9(8)11(10)14/h3-6,10-12,14H,7H2,1-2H3. The molecule has 76 valence electrons. The number of benzene rings is 1. The Hall–Kier alpha value is -0.900. The molecule has 1 aliphatic carbocycles. The maximum absolute atomic E-state index is 10.1. The van der Waals surface area contributed by atoms with E-state index in [-0.39, 0.29) is 12.1 Å². The third kappa shape index (κ3) is 1.43. The maximum atomic E-state index is 10.1. The number of nitrogens with zero attached hydrogens (tertiary/aromatic N) is 1. The van der Waals surface area contributed by atoms with Crippen molar-refractivity contribution >= 4 is 0 Å². The molecular weight excluding hydrogens is 176 g/mol. The van der Waals surface area contributed by atoms with Gasteiger partial charge in [0.25, 0.3) is 0 Å². The number of likely N-dealkylation sites (N-methyl/N-ethyl adjacent to an activating group) is 1. The molecule has 0 aromatic heterocycles. The van der Waals surface area contributed by atoms with Crippen LogP contribution in [0.5, 0.6) is 0 Å². The maximum Gasteiger partial charge on any atom is 0.0964 e. The molecule has 2 N–H and O–H groups in total. The molecule has 0 aliphatic heterocycles. The highest BCUT2D eigenvalue weighted by Crippen LogP contribution is 2.32. The van der Waals surface area contributed by atoms with Crippen molar-refractivity contribution in [3.05, 3.63) is 35.4 Å². The summed E-state index contributed by atoms with van der Waals surface area (Å²) >= 11 is 0. The highest BCUT2D eigenvalue weighted by molar-refractivity contribution is 5.35. The first-order valence-electron chi connectivity index (χ1n) is 4.90. The fourth-order valence-corrected chi connectivity index (χ4v) is 2.07. The smallest absolute Gasteiger partial charge is 0.0964 e. The molecule has 3 nitrogen and oxygen atoms in total. The normalized spacial score (nSPS) is 25.4. The van der Waals surface area contributed by atoms with Gasteiger partial charge in [-0.05, 0) is 24.6 Å². The Morgan fingerprint density at radius 2 is 2.14 bits per heavy atom. The molecule has 1 aromatic carbocycles. The van der Waals surface area contributed by atoms with Crippen molar-refractivity contribution in [1.82, 2.24) is 10.4 Å². The van der Waals surface area contributed by atoms with Crippen LogP contribution in [0, 0.1) is 0 Å². The van der Waals surface area contributed by atoms with Gasteiger partial charge in [0.15, 0.2) is 0 Å². The SMILES string of the molecule is CNN(C)C1Cc2ccccc2C1O. The molecule has 1 aromatic rings. The Morgan fingerprint density at radius 3 is 2.79 bits per heavy atom. The van der Waals surface area contributed by atoms with Crippen molar-refractivity contribution in [2.24, 2.45) is 0 Å². The molecular formula is C11H16N2O. The second kappa shape index (κ2) is 3.69. The van der Waals surface area contributed by atoms with Crippen molar-refractivity contribution in [2.45, 2.75) is 18.6 Å². The van der Waals surface area contributed by atoms with Gasteiger partial charge in [-0.3, -0.25) is 5.43 Å². The van der Waals surface area contributed by atoms with E-state index >= 15 is 0 Å². The molecule has 2 atom stereocenters. The molecule has 0 amide bonds. The van der Waals surface area contributed by atoms with Crippen molar-refractivity contribution in [2.75, 3.05) is 14.1 Å². The van der Waals surface area contributed by atoms with Gasteiger partial charge in [0.05, 0.1) is 12.1 Å². The number of fused-ring (bicyclic) bond motifs is 1. The van der Waals surface area contributed by atoms with E-state index in [0.717, 1.165) is 12.0 Å². The zero-order valence-corrected chi connectivity index (χ0v) is 8.57. The van der Waals surface area contributed by atoms with Crippen LogP contribution in [0.3, 0.4) is 0 Å². The fraction of sp³-hybridized carbons (Fsp3) is 0.455. The Bertz CT molecular complexity index is 327. The van der Waals surface area contributed by atoms with Crippen LogP contribution in [0.15, 0.2) is 24.3 Å². The average Bonchev–Trinajstić information content (AvgIpc) is 2.56. The fourth-order valence-electron chi connectivity index (χ4n) is 2.07. The molecule has 0 spiro atoms. The first kappa shape index (κ1) is 9.65. The molecule has 0 saturated carbocycles. The molecule has 14 heavy (non-hydrogen) atoms. The Balaban J connectivity index is 2.25. The number of hydrogen-bond donors (Lipinski definition) is 2. The predicted molar refractivity (Wildman–Crippen MR) is 55.7 cm³/mol. The first-order chi connectivity index (χ1) is 6.74. The van der Waals surface area contributed by atoms with Gasteiger partial charge in [-0.25, -0.2) is 5.01 Å². The average molecular weight is 192 g/mol. The lowest BCUT2D eigenvalue weighted by Crippen LogP contribution is -2.42. The van der Waals surface area contributed by atoms with Crippen molar-refractivity contribution in [1.29, 1.82) is 0 Å². The molecule has 0 bridgehead atoms. The van der Waals surface area contributed by atoms with Crippen LogP contribution in [0.2, 0.25) is 0 Å². The molecule has 2 unspecified atom stereocenters. The van der Waals surface area contributed by atoms with Gasteiger partial charge in [0, 0.05) is 7.05 Å². The largest absolute Gasteiger partial charge is 0.387 e. The summed E-state index contributed by atoms with van der Waals surface area (Å²) in [7, 11) is 3.83. The van der Waals surface area contributed by atoms with E-state index in [0.29, 0.717) is 0 Å². The number of hydrogen-bond acceptors (Lipinski definition) is 3. The summed E-state index contributed by atoms with van der Waals surface area (Å²) in [5, 5.41) is 12.0. The number of aliphatic hydroxyl groups excluding tert-OH is 1. The number of hydrazine groups is 1. The second-order valence-corrected chi connectivity index (χ2v) is 3.75. The summed E-state index contributed by atoms with van der Waals surface area (Å²) in [5.41, 5.74) is 5.37. The van der Waals surface area contributed by atoms with E-state index in [2.05, 4.69) is 11.5 Å². The second-order valence-electron chi connectivity index (χ2n) is 3.75. The lowest BCUT2D eigenvalue weighted by molar-refractivity contribution is 0.0527. The van der Waals surface area contributed by atoms with Crippen LogP contribution in [0.4, 0.5) is 0 Å². The number of aliphatic hydroxyl groups is 1. The van der Waals surface area contributed by atoms with Crippen LogP contribution in [-0.4, -0.2) is 30.3 Å².